The van der Waals surface area contributed by atoms with Gasteiger partial charge in [0.15, 0.2) is 0 Å². The standard InChI is InChI=1S/C22H19F4N5O3/c23-17-4-12(3-16(6-17)22(24,25)26)11-34-21(33)31-9-14-7-30(8-15(14)10-31)20(32)13-1-2-18-19(5-13)28-29-27-18/h1-6,14-15H,7-11H2,(H,27,28,29). The van der Waals surface area contributed by atoms with Gasteiger partial charge >= 0.3 is 12.3 Å². The Morgan fingerprint density at radius 1 is 0.971 bits per heavy atom. The molecule has 2 saturated heterocycles. The second kappa shape index (κ2) is 8.26. The number of nitrogens with one attached hydrogen (secondary N) is 1. The first kappa shape index (κ1) is 22.1. The van der Waals surface area contributed by atoms with Gasteiger partial charge in [-0.05, 0) is 42.0 Å². The van der Waals surface area contributed by atoms with Crippen LogP contribution < -0.4 is 0 Å². The summed E-state index contributed by atoms with van der Waals surface area (Å²) < 4.78 is 57.2. The molecule has 2 fully saturated rings. The van der Waals surface area contributed by atoms with Crippen molar-refractivity contribution in [1.82, 2.24) is 25.2 Å². The van der Waals surface area contributed by atoms with Crippen LogP contribution in [-0.4, -0.2) is 63.4 Å². The Labute approximate surface area is 190 Å². The van der Waals surface area contributed by atoms with Crippen LogP contribution >= 0.6 is 0 Å². The summed E-state index contributed by atoms with van der Waals surface area (Å²) in [6, 6.07) is 7.15. The van der Waals surface area contributed by atoms with Crippen LogP contribution in [0.2, 0.25) is 0 Å². The number of carbonyl (C=O) groups is 2. The number of alkyl halides is 3. The van der Waals surface area contributed by atoms with Crippen molar-refractivity contribution in [3.8, 4) is 0 Å². The highest BCUT2D eigenvalue weighted by atomic mass is 19.4. The third-order valence-corrected chi connectivity index (χ3v) is 6.24. The number of halogens is 4. The molecular formula is C22H19F4N5O3. The number of aromatic amines is 1. The van der Waals surface area contributed by atoms with Crippen LogP contribution in [0.1, 0.15) is 21.5 Å². The lowest BCUT2D eigenvalue weighted by Crippen LogP contribution is -2.35. The second-order valence-electron chi connectivity index (χ2n) is 8.56. The molecule has 2 aliphatic rings. The number of ether oxygens (including phenoxy) is 1. The predicted octanol–water partition coefficient (Wildman–Crippen LogP) is 3.46. The van der Waals surface area contributed by atoms with E-state index in [9.17, 15) is 27.2 Å². The van der Waals surface area contributed by atoms with Crippen LogP contribution in [0.3, 0.4) is 0 Å². The van der Waals surface area contributed by atoms with Crippen molar-refractivity contribution in [3.05, 3.63) is 58.9 Å². The fourth-order valence-corrected chi connectivity index (χ4v) is 4.60. The van der Waals surface area contributed by atoms with Gasteiger partial charge in [-0.3, -0.25) is 4.79 Å². The highest BCUT2D eigenvalue weighted by Crippen LogP contribution is 2.33. The number of likely N-dealkylation sites (tertiary alicyclic amines) is 2. The second-order valence-corrected chi connectivity index (χ2v) is 8.56. The van der Waals surface area contributed by atoms with E-state index in [4.69, 9.17) is 4.74 Å². The fraction of sp³-hybridized carbons (Fsp3) is 0.364. The van der Waals surface area contributed by atoms with Gasteiger partial charge in [-0.15, -0.1) is 0 Å². The lowest BCUT2D eigenvalue weighted by atomic mass is 10.0. The van der Waals surface area contributed by atoms with Gasteiger partial charge in [0.05, 0.1) is 5.56 Å². The first-order valence-corrected chi connectivity index (χ1v) is 10.6. The summed E-state index contributed by atoms with van der Waals surface area (Å²) in [5, 5.41) is 10.5. The summed E-state index contributed by atoms with van der Waals surface area (Å²) >= 11 is 0. The molecule has 2 aliphatic heterocycles. The molecule has 0 bridgehead atoms. The van der Waals surface area contributed by atoms with E-state index in [1.54, 1.807) is 23.1 Å². The van der Waals surface area contributed by atoms with Gasteiger partial charge in [-0.2, -0.15) is 28.6 Å². The van der Waals surface area contributed by atoms with E-state index in [-0.39, 0.29) is 23.3 Å². The van der Waals surface area contributed by atoms with Crippen LogP contribution in [-0.2, 0) is 17.5 Å². The van der Waals surface area contributed by atoms with Gasteiger partial charge in [0.25, 0.3) is 5.91 Å². The molecule has 178 valence electrons. The molecule has 2 amide bonds. The number of fused-ring (bicyclic) bond motifs is 2. The van der Waals surface area contributed by atoms with E-state index < -0.39 is 30.3 Å². The predicted molar refractivity (Wildman–Crippen MR) is 110 cm³/mol. The van der Waals surface area contributed by atoms with Gasteiger partial charge in [-0.25, -0.2) is 9.18 Å². The number of hydrogen-bond acceptors (Lipinski definition) is 5. The van der Waals surface area contributed by atoms with E-state index in [1.165, 1.54) is 4.90 Å². The third-order valence-electron chi connectivity index (χ3n) is 6.24. The zero-order chi connectivity index (χ0) is 24.0. The van der Waals surface area contributed by atoms with Gasteiger partial charge in [0.1, 0.15) is 23.5 Å². The minimum Gasteiger partial charge on any atom is -0.445 e. The summed E-state index contributed by atoms with van der Waals surface area (Å²) in [6.45, 7) is 1.21. The zero-order valence-electron chi connectivity index (χ0n) is 17.7. The van der Waals surface area contributed by atoms with Crippen LogP contribution in [0.25, 0.3) is 11.0 Å². The van der Waals surface area contributed by atoms with E-state index in [1.807, 2.05) is 0 Å². The van der Waals surface area contributed by atoms with E-state index >= 15 is 0 Å². The lowest BCUT2D eigenvalue weighted by molar-refractivity contribution is -0.137. The van der Waals surface area contributed by atoms with E-state index in [0.29, 0.717) is 48.8 Å². The SMILES string of the molecule is O=C(OCc1cc(F)cc(C(F)(F)F)c1)N1CC2CN(C(=O)c3ccc4n[nH]nc4c3)CC2C1. The molecule has 1 N–H and O–H groups in total. The third kappa shape index (κ3) is 4.27. The molecule has 8 nitrogen and oxygen atoms in total. The molecule has 2 unspecified atom stereocenters. The van der Waals surface area contributed by atoms with Gasteiger partial charge in [0.2, 0.25) is 0 Å². The fourth-order valence-electron chi connectivity index (χ4n) is 4.60. The summed E-state index contributed by atoms with van der Waals surface area (Å²) in [6.07, 6.45) is -5.38. The van der Waals surface area contributed by atoms with Crippen molar-refractivity contribution in [2.75, 3.05) is 26.2 Å². The first-order valence-electron chi connectivity index (χ1n) is 10.6. The Balaban J connectivity index is 1.16. The quantitative estimate of drug-likeness (QED) is 0.584. The normalized spacial score (nSPS) is 20.1. The molecule has 3 heterocycles. The maximum Gasteiger partial charge on any atom is 0.416 e. The number of nitrogens with zero attached hydrogens (tertiary/aromatic N) is 4. The average Bonchev–Trinajstić information content (AvgIpc) is 3.50. The van der Waals surface area contributed by atoms with Crippen LogP contribution in [0.5, 0.6) is 0 Å². The summed E-state index contributed by atoms with van der Waals surface area (Å²) in [5.74, 6) is -1.04. The van der Waals surface area contributed by atoms with Crippen molar-refractivity contribution in [3.63, 3.8) is 0 Å². The number of amides is 2. The average molecular weight is 477 g/mol. The maximum atomic E-state index is 13.5. The van der Waals surface area contributed by atoms with Crippen molar-refractivity contribution in [1.29, 1.82) is 0 Å². The number of rotatable bonds is 3. The molecule has 34 heavy (non-hydrogen) atoms. The summed E-state index contributed by atoms with van der Waals surface area (Å²) in [4.78, 5) is 28.6. The molecule has 3 aromatic rings. The summed E-state index contributed by atoms with van der Waals surface area (Å²) in [7, 11) is 0. The van der Waals surface area contributed by atoms with Gasteiger partial charge < -0.3 is 14.5 Å². The Morgan fingerprint density at radius 3 is 2.35 bits per heavy atom. The van der Waals surface area contributed by atoms with Crippen LogP contribution in [0, 0.1) is 17.7 Å². The number of aromatic nitrogens is 3. The molecule has 1 aromatic heterocycles. The summed E-state index contributed by atoms with van der Waals surface area (Å²) in [5.41, 5.74) is 0.547. The minimum atomic E-state index is -4.70. The van der Waals surface area contributed by atoms with Crippen molar-refractivity contribution in [2.45, 2.75) is 12.8 Å². The van der Waals surface area contributed by atoms with E-state index in [0.717, 1.165) is 12.1 Å². The largest absolute Gasteiger partial charge is 0.445 e. The molecule has 5 rings (SSSR count). The van der Waals surface area contributed by atoms with Crippen LogP contribution in [0.15, 0.2) is 36.4 Å². The Morgan fingerprint density at radius 2 is 1.65 bits per heavy atom. The molecule has 2 aromatic carbocycles. The lowest BCUT2D eigenvalue weighted by Gasteiger charge is -2.21. The zero-order valence-corrected chi connectivity index (χ0v) is 17.7. The topological polar surface area (TPSA) is 91.4 Å². The smallest absolute Gasteiger partial charge is 0.416 e. The highest BCUT2D eigenvalue weighted by Gasteiger charge is 2.43. The first-order chi connectivity index (χ1) is 16.2. The molecule has 0 radical (unpaired) electrons. The van der Waals surface area contributed by atoms with E-state index in [2.05, 4.69) is 15.4 Å². The molecule has 0 spiro atoms. The van der Waals surface area contributed by atoms with Crippen molar-refractivity contribution < 1.29 is 31.9 Å². The molecular weight excluding hydrogens is 458 g/mol. The Kier molecular flexibility index (Phi) is 5.37. The molecule has 12 heteroatoms. The van der Waals surface area contributed by atoms with Crippen molar-refractivity contribution >= 4 is 23.0 Å². The number of benzene rings is 2. The van der Waals surface area contributed by atoms with Crippen LogP contribution in [0.4, 0.5) is 22.4 Å². The molecule has 0 saturated carbocycles. The molecule has 0 aliphatic carbocycles. The Hall–Kier alpha value is -3.70. The maximum absolute atomic E-state index is 13.5. The number of hydrogen-bond donors (Lipinski definition) is 1. The molecule has 2 atom stereocenters. The number of H-pyrrole nitrogens is 1. The van der Waals surface area contributed by atoms with Gasteiger partial charge in [-0.1, -0.05) is 0 Å². The Bertz CT molecular complexity index is 1250. The number of carbonyl (C=O) groups excluding carboxylic acids is 2. The van der Waals surface area contributed by atoms with Gasteiger partial charge in [0, 0.05) is 43.6 Å². The minimum absolute atomic E-state index is 0.0679. The van der Waals surface area contributed by atoms with Crippen molar-refractivity contribution in [2.24, 2.45) is 11.8 Å². The highest BCUT2D eigenvalue weighted by molar-refractivity contribution is 5.97. The monoisotopic (exact) mass is 477 g/mol.